The number of rotatable bonds is 1. The van der Waals surface area contributed by atoms with Gasteiger partial charge in [-0.3, -0.25) is 4.79 Å². The minimum absolute atomic E-state index is 0.0296. The van der Waals surface area contributed by atoms with E-state index in [2.05, 4.69) is 19.6 Å². The molecule has 3 saturated carbocycles. The summed E-state index contributed by atoms with van der Waals surface area (Å²) in [7, 11) is 0. The number of fused-ring (bicyclic) bond motifs is 5. The Kier molecular flexibility index (Phi) is 3.07. The van der Waals surface area contributed by atoms with E-state index in [1.165, 1.54) is 31.3 Å². The summed E-state index contributed by atoms with van der Waals surface area (Å²) < 4.78 is 0. The van der Waals surface area contributed by atoms with Gasteiger partial charge < -0.3 is 5.11 Å². The summed E-state index contributed by atoms with van der Waals surface area (Å²) in [4.78, 5) is 11.8. The number of hydrogen-bond acceptors (Lipinski definition) is 2. The largest absolute Gasteiger partial charge is 0.396 e. The Hall–Kier alpha value is -1.15. The third-order valence-corrected chi connectivity index (χ3v) is 7.37. The highest BCUT2D eigenvalue weighted by molar-refractivity contribution is 6.01. The molecule has 4 rings (SSSR count). The fourth-order valence-corrected chi connectivity index (χ4v) is 6.28. The van der Waals surface area contributed by atoms with Gasteiger partial charge in [0.2, 0.25) is 0 Å². The van der Waals surface area contributed by atoms with Crippen molar-refractivity contribution < 1.29 is 9.90 Å². The number of allylic oxidation sites excluding steroid dienone is 5. The van der Waals surface area contributed by atoms with Gasteiger partial charge in [0.05, 0.1) is 0 Å². The second-order valence-electron chi connectivity index (χ2n) is 8.21. The third-order valence-electron chi connectivity index (χ3n) is 7.37. The molecular weight excluding hydrogens is 272 g/mol. The summed E-state index contributed by atoms with van der Waals surface area (Å²) in [6, 6.07) is 0. The average molecular weight is 298 g/mol. The Balaban J connectivity index is 1.76. The number of carbonyl (C=O) groups is 1. The second kappa shape index (κ2) is 4.67. The van der Waals surface area contributed by atoms with Crippen molar-refractivity contribution in [3.05, 3.63) is 36.0 Å². The van der Waals surface area contributed by atoms with E-state index in [1.54, 1.807) is 6.08 Å². The molecule has 0 aromatic heterocycles. The van der Waals surface area contributed by atoms with Crippen LogP contribution in [0.3, 0.4) is 0 Å². The zero-order valence-corrected chi connectivity index (χ0v) is 13.5. The standard InChI is InChI=1S/C20H26O2/c1-13-10-15-16(19(2)8-5-14(22)11-18(13)19)6-9-20(12-21)7-3-4-17(15)20/h5,8,11,15-17,21H,1,3-4,6-7,9-10,12H2,2H3/t15-,16+,17+,19-,20+/m1/s1. The van der Waals surface area contributed by atoms with E-state index in [0.717, 1.165) is 18.4 Å². The summed E-state index contributed by atoms with van der Waals surface area (Å²) >= 11 is 0. The van der Waals surface area contributed by atoms with Crippen molar-refractivity contribution in [2.24, 2.45) is 28.6 Å². The minimum Gasteiger partial charge on any atom is -0.396 e. The van der Waals surface area contributed by atoms with Crippen molar-refractivity contribution in [1.82, 2.24) is 0 Å². The third kappa shape index (κ3) is 1.73. The topological polar surface area (TPSA) is 37.3 Å². The van der Waals surface area contributed by atoms with Gasteiger partial charge >= 0.3 is 0 Å². The minimum atomic E-state index is -0.0296. The number of carbonyl (C=O) groups excluding carboxylic acids is 1. The molecule has 2 heteroatoms. The molecule has 0 bridgehead atoms. The molecule has 22 heavy (non-hydrogen) atoms. The molecule has 3 fully saturated rings. The van der Waals surface area contributed by atoms with E-state index in [0.29, 0.717) is 24.4 Å². The highest BCUT2D eigenvalue weighted by Crippen LogP contribution is 2.65. The van der Waals surface area contributed by atoms with E-state index in [1.807, 2.05) is 6.08 Å². The Labute approximate surface area is 133 Å². The van der Waals surface area contributed by atoms with Gasteiger partial charge in [-0.25, -0.2) is 0 Å². The van der Waals surface area contributed by atoms with Crippen molar-refractivity contribution in [3.8, 4) is 0 Å². The van der Waals surface area contributed by atoms with Gasteiger partial charge in [-0.2, -0.15) is 0 Å². The van der Waals surface area contributed by atoms with Gasteiger partial charge in [-0.05, 0) is 73.0 Å². The highest BCUT2D eigenvalue weighted by Gasteiger charge is 2.57. The normalized spacial score (nSPS) is 46.8. The summed E-state index contributed by atoms with van der Waals surface area (Å²) in [5, 5.41) is 10.0. The van der Waals surface area contributed by atoms with E-state index < -0.39 is 0 Å². The Morgan fingerprint density at radius 3 is 2.91 bits per heavy atom. The molecule has 4 aliphatic carbocycles. The number of aliphatic hydroxyl groups excluding tert-OH is 1. The first-order chi connectivity index (χ1) is 10.5. The maximum absolute atomic E-state index is 11.8. The Morgan fingerprint density at radius 2 is 2.14 bits per heavy atom. The first-order valence-electron chi connectivity index (χ1n) is 8.74. The SMILES string of the molecule is C=C1C[C@H]2[C@@H]3CCC[C@@]3(CO)CC[C@@H]2[C@@]2(C)C=CC(=O)C=C12. The lowest BCUT2D eigenvalue weighted by Gasteiger charge is -2.57. The summed E-state index contributed by atoms with van der Waals surface area (Å²) in [6.07, 6.45) is 12.8. The molecule has 5 atom stereocenters. The molecule has 0 aromatic rings. The van der Waals surface area contributed by atoms with Crippen molar-refractivity contribution in [2.45, 2.75) is 45.4 Å². The maximum atomic E-state index is 11.8. The van der Waals surface area contributed by atoms with Crippen molar-refractivity contribution in [3.63, 3.8) is 0 Å². The molecule has 0 spiro atoms. The zero-order valence-electron chi connectivity index (χ0n) is 13.5. The van der Waals surface area contributed by atoms with Gasteiger partial charge in [0.15, 0.2) is 5.78 Å². The monoisotopic (exact) mass is 298 g/mol. The summed E-state index contributed by atoms with van der Waals surface area (Å²) in [6.45, 7) is 6.96. The molecule has 0 unspecified atom stereocenters. The van der Waals surface area contributed by atoms with Crippen LogP contribution in [-0.4, -0.2) is 17.5 Å². The van der Waals surface area contributed by atoms with E-state index in [4.69, 9.17) is 0 Å². The summed E-state index contributed by atoms with van der Waals surface area (Å²) in [5.74, 6) is 1.96. The lowest BCUT2D eigenvalue weighted by atomic mass is 9.47. The van der Waals surface area contributed by atoms with E-state index >= 15 is 0 Å². The molecule has 2 nitrogen and oxygen atoms in total. The number of aliphatic hydroxyl groups is 1. The van der Waals surface area contributed by atoms with Gasteiger partial charge in [-0.15, -0.1) is 0 Å². The molecule has 1 N–H and O–H groups in total. The van der Waals surface area contributed by atoms with Crippen LogP contribution >= 0.6 is 0 Å². The van der Waals surface area contributed by atoms with Crippen molar-refractivity contribution in [2.75, 3.05) is 6.61 Å². The predicted molar refractivity (Wildman–Crippen MR) is 87.2 cm³/mol. The molecule has 4 aliphatic rings. The lowest BCUT2D eigenvalue weighted by molar-refractivity contribution is -0.111. The van der Waals surface area contributed by atoms with Gasteiger partial charge in [0, 0.05) is 12.0 Å². The molecule has 0 saturated heterocycles. The average Bonchev–Trinajstić information content (AvgIpc) is 2.94. The zero-order chi connectivity index (χ0) is 15.5. The van der Waals surface area contributed by atoms with E-state index in [-0.39, 0.29) is 16.6 Å². The molecule has 0 aliphatic heterocycles. The van der Waals surface area contributed by atoms with E-state index in [9.17, 15) is 9.90 Å². The van der Waals surface area contributed by atoms with Crippen LogP contribution < -0.4 is 0 Å². The van der Waals surface area contributed by atoms with Crippen LogP contribution in [0.15, 0.2) is 36.0 Å². The molecule has 0 aromatic carbocycles. The maximum Gasteiger partial charge on any atom is 0.178 e. The molecule has 0 amide bonds. The van der Waals surface area contributed by atoms with Gasteiger partial charge in [0.1, 0.15) is 0 Å². The molecule has 118 valence electrons. The highest BCUT2D eigenvalue weighted by atomic mass is 16.3. The number of ketones is 1. The smallest absolute Gasteiger partial charge is 0.178 e. The van der Waals surface area contributed by atoms with Crippen LogP contribution in [-0.2, 0) is 4.79 Å². The van der Waals surface area contributed by atoms with Gasteiger partial charge in [0.25, 0.3) is 0 Å². The lowest BCUT2D eigenvalue weighted by Crippen LogP contribution is -2.50. The first-order valence-corrected chi connectivity index (χ1v) is 8.74. The quantitative estimate of drug-likeness (QED) is 0.799. The Bertz CT molecular complexity index is 599. The molecule has 0 radical (unpaired) electrons. The number of hydrogen-bond donors (Lipinski definition) is 1. The van der Waals surface area contributed by atoms with Crippen LogP contribution in [0.4, 0.5) is 0 Å². The Morgan fingerprint density at radius 1 is 1.32 bits per heavy atom. The molecule has 0 heterocycles. The fraction of sp³-hybridized carbons (Fsp3) is 0.650. The van der Waals surface area contributed by atoms with Crippen LogP contribution in [0.25, 0.3) is 0 Å². The van der Waals surface area contributed by atoms with Crippen LogP contribution in [0.2, 0.25) is 0 Å². The van der Waals surface area contributed by atoms with Crippen molar-refractivity contribution >= 4 is 5.78 Å². The van der Waals surface area contributed by atoms with Crippen LogP contribution in [0.5, 0.6) is 0 Å². The second-order valence-corrected chi connectivity index (χ2v) is 8.21. The predicted octanol–water partition coefficient (Wildman–Crippen LogP) is 3.82. The van der Waals surface area contributed by atoms with Crippen molar-refractivity contribution in [1.29, 1.82) is 0 Å². The molecular formula is C20H26O2. The first kappa shape index (κ1) is 14.4. The van der Waals surface area contributed by atoms with Gasteiger partial charge in [-0.1, -0.05) is 31.6 Å². The van der Waals surface area contributed by atoms with Crippen LogP contribution in [0.1, 0.15) is 45.4 Å². The van der Waals surface area contributed by atoms with Crippen LogP contribution in [0, 0.1) is 28.6 Å². The summed E-state index contributed by atoms with van der Waals surface area (Å²) in [5.41, 5.74) is 2.48. The fourth-order valence-electron chi connectivity index (χ4n) is 6.28.